The Morgan fingerprint density at radius 1 is 1.20 bits per heavy atom. The molecule has 1 aromatic carbocycles. The van der Waals surface area contributed by atoms with E-state index in [9.17, 15) is 4.79 Å². The predicted molar refractivity (Wildman–Crippen MR) is 96.3 cm³/mol. The van der Waals surface area contributed by atoms with Crippen molar-refractivity contribution in [2.45, 2.75) is 38.6 Å². The molecule has 25 heavy (non-hydrogen) atoms. The third-order valence-corrected chi connectivity index (χ3v) is 5.19. The van der Waals surface area contributed by atoms with Crippen LogP contribution >= 0.6 is 0 Å². The molecule has 132 valence electrons. The van der Waals surface area contributed by atoms with Gasteiger partial charge in [-0.3, -0.25) is 4.79 Å². The SMILES string of the molecule is Cc1nc(-c2ccccc2)oc1C(=O)N1CCC(NCC2CC2)CC1. The molecule has 1 saturated heterocycles. The molecule has 0 spiro atoms. The number of rotatable bonds is 5. The van der Waals surface area contributed by atoms with Crippen LogP contribution in [0.4, 0.5) is 0 Å². The van der Waals surface area contributed by atoms with E-state index < -0.39 is 0 Å². The lowest BCUT2D eigenvalue weighted by Crippen LogP contribution is -2.45. The van der Waals surface area contributed by atoms with E-state index in [-0.39, 0.29) is 5.91 Å². The molecule has 1 N–H and O–H groups in total. The summed E-state index contributed by atoms with van der Waals surface area (Å²) in [6, 6.07) is 10.3. The fraction of sp³-hybridized carbons (Fsp3) is 0.500. The first-order chi connectivity index (χ1) is 12.2. The Hall–Kier alpha value is -2.14. The van der Waals surface area contributed by atoms with Gasteiger partial charge >= 0.3 is 0 Å². The second-order valence-electron chi connectivity index (χ2n) is 7.22. The third-order valence-electron chi connectivity index (χ3n) is 5.19. The van der Waals surface area contributed by atoms with Gasteiger partial charge in [-0.1, -0.05) is 18.2 Å². The lowest BCUT2D eigenvalue weighted by atomic mass is 10.0. The van der Waals surface area contributed by atoms with Gasteiger partial charge in [-0.15, -0.1) is 0 Å². The van der Waals surface area contributed by atoms with Crippen molar-refractivity contribution in [3.8, 4) is 11.5 Å². The van der Waals surface area contributed by atoms with Crippen molar-refractivity contribution in [2.75, 3.05) is 19.6 Å². The minimum atomic E-state index is -0.0344. The van der Waals surface area contributed by atoms with Crippen LogP contribution in [0.1, 0.15) is 41.9 Å². The van der Waals surface area contributed by atoms with E-state index in [4.69, 9.17) is 4.42 Å². The van der Waals surface area contributed by atoms with Crippen LogP contribution in [-0.2, 0) is 0 Å². The van der Waals surface area contributed by atoms with Gasteiger partial charge in [0, 0.05) is 24.7 Å². The van der Waals surface area contributed by atoms with E-state index in [1.807, 2.05) is 42.2 Å². The molecule has 2 aliphatic rings. The van der Waals surface area contributed by atoms with Crippen LogP contribution in [0.2, 0.25) is 0 Å². The zero-order valence-corrected chi connectivity index (χ0v) is 14.7. The number of nitrogens with zero attached hydrogens (tertiary/aromatic N) is 2. The van der Waals surface area contributed by atoms with E-state index in [1.165, 1.54) is 12.8 Å². The smallest absolute Gasteiger partial charge is 0.291 e. The summed E-state index contributed by atoms with van der Waals surface area (Å²) in [5, 5.41) is 3.65. The molecule has 4 rings (SSSR count). The highest BCUT2D eigenvalue weighted by Crippen LogP contribution is 2.28. The molecule has 0 bridgehead atoms. The molecule has 1 aliphatic carbocycles. The van der Waals surface area contributed by atoms with E-state index in [0.29, 0.717) is 23.4 Å². The minimum Gasteiger partial charge on any atom is -0.431 e. The summed E-state index contributed by atoms with van der Waals surface area (Å²) in [5.74, 6) is 1.76. The first-order valence-corrected chi connectivity index (χ1v) is 9.26. The molecule has 0 unspecified atom stereocenters. The van der Waals surface area contributed by atoms with Crippen LogP contribution in [0.5, 0.6) is 0 Å². The van der Waals surface area contributed by atoms with E-state index in [0.717, 1.165) is 44.0 Å². The maximum absolute atomic E-state index is 12.8. The summed E-state index contributed by atoms with van der Waals surface area (Å²) in [6.45, 7) is 4.54. The molecule has 0 atom stereocenters. The first kappa shape index (κ1) is 16.3. The number of nitrogens with one attached hydrogen (secondary N) is 1. The van der Waals surface area contributed by atoms with Crippen molar-refractivity contribution in [1.29, 1.82) is 0 Å². The molecule has 1 saturated carbocycles. The number of hydrogen-bond acceptors (Lipinski definition) is 4. The highest BCUT2D eigenvalue weighted by molar-refractivity contribution is 5.93. The number of benzene rings is 1. The number of aromatic nitrogens is 1. The molecule has 1 amide bonds. The predicted octanol–water partition coefficient (Wildman–Crippen LogP) is 3.25. The Bertz CT molecular complexity index is 729. The minimum absolute atomic E-state index is 0.0344. The summed E-state index contributed by atoms with van der Waals surface area (Å²) in [7, 11) is 0. The van der Waals surface area contributed by atoms with Crippen molar-refractivity contribution in [2.24, 2.45) is 5.92 Å². The van der Waals surface area contributed by atoms with Crippen LogP contribution in [0.3, 0.4) is 0 Å². The van der Waals surface area contributed by atoms with Crippen LogP contribution in [-0.4, -0.2) is 41.5 Å². The van der Waals surface area contributed by atoms with Crippen molar-refractivity contribution in [3.63, 3.8) is 0 Å². The molecule has 1 aromatic heterocycles. The number of aryl methyl sites for hydroxylation is 1. The number of likely N-dealkylation sites (tertiary alicyclic amines) is 1. The van der Waals surface area contributed by atoms with E-state index >= 15 is 0 Å². The molecule has 5 nitrogen and oxygen atoms in total. The molecule has 2 fully saturated rings. The van der Waals surface area contributed by atoms with Gasteiger partial charge in [0.15, 0.2) is 0 Å². The lowest BCUT2D eigenvalue weighted by molar-refractivity contribution is 0.0672. The number of amides is 1. The van der Waals surface area contributed by atoms with Gasteiger partial charge in [0.1, 0.15) is 0 Å². The topological polar surface area (TPSA) is 58.4 Å². The molecule has 2 heterocycles. The molecular weight excluding hydrogens is 314 g/mol. The van der Waals surface area contributed by atoms with Crippen molar-refractivity contribution in [3.05, 3.63) is 41.8 Å². The van der Waals surface area contributed by atoms with Gasteiger partial charge in [0.05, 0.1) is 5.69 Å². The number of hydrogen-bond donors (Lipinski definition) is 1. The summed E-state index contributed by atoms with van der Waals surface area (Å²) < 4.78 is 5.81. The number of carbonyl (C=O) groups is 1. The average Bonchev–Trinajstić information content (AvgIpc) is 3.41. The van der Waals surface area contributed by atoms with Crippen LogP contribution in [0.25, 0.3) is 11.5 Å². The Labute approximate surface area is 148 Å². The van der Waals surface area contributed by atoms with Crippen molar-refractivity contribution >= 4 is 5.91 Å². The average molecular weight is 339 g/mol. The molecule has 1 aliphatic heterocycles. The van der Waals surface area contributed by atoms with Crippen LogP contribution in [0.15, 0.2) is 34.7 Å². The zero-order valence-electron chi connectivity index (χ0n) is 14.7. The Morgan fingerprint density at radius 2 is 1.92 bits per heavy atom. The lowest BCUT2D eigenvalue weighted by Gasteiger charge is -2.32. The summed E-state index contributed by atoms with van der Waals surface area (Å²) in [4.78, 5) is 19.2. The Morgan fingerprint density at radius 3 is 2.60 bits per heavy atom. The summed E-state index contributed by atoms with van der Waals surface area (Å²) in [6.07, 6.45) is 4.77. The molecule has 0 radical (unpaired) electrons. The van der Waals surface area contributed by atoms with Gasteiger partial charge in [-0.2, -0.15) is 0 Å². The van der Waals surface area contributed by atoms with Gasteiger partial charge < -0.3 is 14.6 Å². The maximum Gasteiger partial charge on any atom is 0.291 e. The van der Waals surface area contributed by atoms with Crippen molar-refractivity contribution < 1.29 is 9.21 Å². The summed E-state index contributed by atoms with van der Waals surface area (Å²) >= 11 is 0. The van der Waals surface area contributed by atoms with Crippen molar-refractivity contribution in [1.82, 2.24) is 15.2 Å². The Kier molecular flexibility index (Phi) is 4.57. The molecule has 5 heteroatoms. The van der Waals surface area contributed by atoms with Gasteiger partial charge in [-0.05, 0) is 57.2 Å². The second-order valence-corrected chi connectivity index (χ2v) is 7.22. The largest absolute Gasteiger partial charge is 0.431 e. The molecule has 2 aromatic rings. The fourth-order valence-corrected chi connectivity index (χ4v) is 3.38. The summed E-state index contributed by atoms with van der Waals surface area (Å²) in [5.41, 5.74) is 1.56. The number of oxazole rings is 1. The highest BCUT2D eigenvalue weighted by Gasteiger charge is 2.29. The van der Waals surface area contributed by atoms with E-state index in [1.54, 1.807) is 0 Å². The van der Waals surface area contributed by atoms with Crippen LogP contribution in [0, 0.1) is 12.8 Å². The second kappa shape index (κ2) is 7.00. The first-order valence-electron chi connectivity index (χ1n) is 9.26. The number of piperidine rings is 1. The Balaban J connectivity index is 1.39. The highest BCUT2D eigenvalue weighted by atomic mass is 16.4. The number of carbonyl (C=O) groups excluding carboxylic acids is 1. The normalized spacial score (nSPS) is 18.5. The quantitative estimate of drug-likeness (QED) is 0.908. The third kappa shape index (κ3) is 3.76. The molecular formula is C20H25N3O2. The van der Waals surface area contributed by atoms with Gasteiger partial charge in [-0.25, -0.2) is 4.98 Å². The maximum atomic E-state index is 12.8. The standard InChI is InChI=1S/C20H25N3O2/c1-14-18(25-19(22-14)16-5-3-2-4-6-16)20(24)23-11-9-17(10-12-23)21-13-15-7-8-15/h2-6,15,17,21H,7-13H2,1H3. The van der Waals surface area contributed by atoms with Crippen LogP contribution < -0.4 is 5.32 Å². The van der Waals surface area contributed by atoms with Gasteiger partial charge in [0.2, 0.25) is 11.7 Å². The fourth-order valence-electron chi connectivity index (χ4n) is 3.38. The van der Waals surface area contributed by atoms with Gasteiger partial charge in [0.25, 0.3) is 5.91 Å². The zero-order chi connectivity index (χ0) is 17.2. The van der Waals surface area contributed by atoms with E-state index in [2.05, 4.69) is 10.3 Å². The monoisotopic (exact) mass is 339 g/mol.